The van der Waals surface area contributed by atoms with Crippen molar-refractivity contribution in [1.29, 1.82) is 0 Å². The fourth-order valence-electron chi connectivity index (χ4n) is 1.84. The predicted molar refractivity (Wildman–Crippen MR) is 79.1 cm³/mol. The molecule has 5 heteroatoms. The number of hydrogen-bond acceptors (Lipinski definition) is 5. The van der Waals surface area contributed by atoms with Crippen molar-refractivity contribution in [2.45, 2.75) is 20.8 Å². The summed E-state index contributed by atoms with van der Waals surface area (Å²) in [6.45, 7) is 6.73. The minimum atomic E-state index is -0.0333. The van der Waals surface area contributed by atoms with Gasteiger partial charge in [0.05, 0.1) is 29.3 Å². The van der Waals surface area contributed by atoms with E-state index in [-0.39, 0.29) is 5.78 Å². The number of nitrogens with zero attached hydrogens (tertiary/aromatic N) is 1. The van der Waals surface area contributed by atoms with E-state index in [9.17, 15) is 4.79 Å². The second kappa shape index (κ2) is 6.52. The number of carbonyl (C=O) groups is 1. The Morgan fingerprint density at radius 2 is 1.90 bits per heavy atom. The summed E-state index contributed by atoms with van der Waals surface area (Å²) in [5.74, 6) is 1.23. The lowest BCUT2D eigenvalue weighted by Gasteiger charge is -2.11. The van der Waals surface area contributed by atoms with Gasteiger partial charge in [0.25, 0.3) is 0 Å². The number of carbonyl (C=O) groups excluding carboxylic acids is 1. The minimum Gasteiger partial charge on any atom is -0.490 e. The Labute approximate surface area is 122 Å². The summed E-state index contributed by atoms with van der Waals surface area (Å²) in [5, 5.41) is 0. The zero-order chi connectivity index (χ0) is 14.5. The largest absolute Gasteiger partial charge is 0.490 e. The molecule has 0 spiro atoms. The van der Waals surface area contributed by atoms with Gasteiger partial charge in [-0.25, -0.2) is 4.98 Å². The summed E-state index contributed by atoms with van der Waals surface area (Å²) in [5.41, 5.74) is 3.02. The third-order valence-corrected chi connectivity index (χ3v) is 3.68. The summed E-state index contributed by atoms with van der Waals surface area (Å²) in [6.07, 6.45) is 0. The van der Waals surface area contributed by atoms with Crippen molar-refractivity contribution in [1.82, 2.24) is 4.98 Å². The van der Waals surface area contributed by atoms with Gasteiger partial charge < -0.3 is 9.47 Å². The van der Waals surface area contributed by atoms with Crippen molar-refractivity contribution in [3.05, 3.63) is 39.8 Å². The lowest BCUT2D eigenvalue weighted by molar-refractivity contribution is 0.104. The maximum absolute atomic E-state index is 12.4. The number of ketones is 1. The quantitative estimate of drug-likeness (QED) is 0.765. The van der Waals surface area contributed by atoms with E-state index in [1.807, 2.05) is 20.8 Å². The van der Waals surface area contributed by atoms with E-state index >= 15 is 0 Å². The van der Waals surface area contributed by atoms with Crippen LogP contribution in [0, 0.1) is 6.92 Å². The second-order valence-corrected chi connectivity index (χ2v) is 4.98. The molecule has 0 amide bonds. The van der Waals surface area contributed by atoms with Gasteiger partial charge in [-0.2, -0.15) is 0 Å². The Hall–Kier alpha value is -1.88. The Bertz CT molecular complexity index is 607. The van der Waals surface area contributed by atoms with Crippen LogP contribution in [0.25, 0.3) is 0 Å². The first-order chi connectivity index (χ1) is 9.67. The molecule has 1 aromatic carbocycles. The predicted octanol–water partition coefficient (Wildman–Crippen LogP) is 3.48. The monoisotopic (exact) mass is 291 g/mol. The summed E-state index contributed by atoms with van der Waals surface area (Å²) >= 11 is 1.35. The highest BCUT2D eigenvalue weighted by Crippen LogP contribution is 2.30. The van der Waals surface area contributed by atoms with Crippen molar-refractivity contribution in [3.8, 4) is 11.5 Å². The normalized spacial score (nSPS) is 10.3. The molecule has 2 aromatic rings. The average molecular weight is 291 g/mol. The van der Waals surface area contributed by atoms with Crippen LogP contribution < -0.4 is 9.47 Å². The molecule has 2 rings (SSSR count). The Balaban J connectivity index is 2.35. The fraction of sp³-hybridized carbons (Fsp3) is 0.333. The third kappa shape index (κ3) is 2.99. The molecule has 4 nitrogen and oxygen atoms in total. The lowest BCUT2D eigenvalue weighted by Crippen LogP contribution is -2.04. The van der Waals surface area contributed by atoms with E-state index < -0.39 is 0 Å². The molecule has 20 heavy (non-hydrogen) atoms. The number of aromatic nitrogens is 1. The van der Waals surface area contributed by atoms with E-state index in [0.717, 1.165) is 5.69 Å². The van der Waals surface area contributed by atoms with Crippen LogP contribution in [-0.4, -0.2) is 24.0 Å². The number of ether oxygens (including phenoxy) is 2. The molecule has 0 aliphatic heterocycles. The first-order valence-corrected chi connectivity index (χ1v) is 7.39. The van der Waals surface area contributed by atoms with Gasteiger partial charge in [0.2, 0.25) is 5.78 Å². The molecule has 0 N–H and O–H groups in total. The maximum atomic E-state index is 12.4. The number of hydrogen-bond donors (Lipinski definition) is 0. The summed E-state index contributed by atoms with van der Waals surface area (Å²) in [4.78, 5) is 17.2. The summed E-state index contributed by atoms with van der Waals surface area (Å²) < 4.78 is 11.0. The zero-order valence-electron chi connectivity index (χ0n) is 11.8. The molecule has 0 radical (unpaired) electrons. The van der Waals surface area contributed by atoms with Crippen LogP contribution in [0.15, 0.2) is 23.7 Å². The van der Waals surface area contributed by atoms with Crippen molar-refractivity contribution in [2.24, 2.45) is 0 Å². The summed E-state index contributed by atoms with van der Waals surface area (Å²) in [7, 11) is 0. The Kier molecular flexibility index (Phi) is 4.74. The van der Waals surface area contributed by atoms with E-state index in [4.69, 9.17) is 9.47 Å². The van der Waals surface area contributed by atoms with Gasteiger partial charge in [-0.1, -0.05) is 0 Å². The first kappa shape index (κ1) is 14.5. The smallest absolute Gasteiger partial charge is 0.204 e. The van der Waals surface area contributed by atoms with Gasteiger partial charge in [-0.05, 0) is 39.0 Å². The highest BCUT2D eigenvalue weighted by atomic mass is 32.1. The van der Waals surface area contributed by atoms with Crippen molar-refractivity contribution in [3.63, 3.8) is 0 Å². The van der Waals surface area contributed by atoms with Gasteiger partial charge in [-0.15, -0.1) is 11.3 Å². The van der Waals surface area contributed by atoms with Crippen molar-refractivity contribution >= 4 is 17.1 Å². The van der Waals surface area contributed by atoms with Gasteiger partial charge in [-0.3, -0.25) is 4.79 Å². The average Bonchev–Trinajstić information content (AvgIpc) is 2.86. The van der Waals surface area contributed by atoms with Crippen LogP contribution in [0.3, 0.4) is 0 Å². The maximum Gasteiger partial charge on any atom is 0.204 e. The number of benzene rings is 1. The molecule has 0 fully saturated rings. The Morgan fingerprint density at radius 3 is 2.50 bits per heavy atom. The van der Waals surface area contributed by atoms with Gasteiger partial charge >= 0.3 is 0 Å². The number of thiazole rings is 1. The summed E-state index contributed by atoms with van der Waals surface area (Å²) in [6, 6.07) is 5.27. The highest BCUT2D eigenvalue weighted by molar-refractivity contribution is 7.12. The molecule has 106 valence electrons. The van der Waals surface area contributed by atoms with Gasteiger partial charge in [0.15, 0.2) is 11.5 Å². The molecule has 0 saturated heterocycles. The van der Waals surface area contributed by atoms with Crippen molar-refractivity contribution < 1.29 is 14.3 Å². The van der Waals surface area contributed by atoms with Gasteiger partial charge in [0, 0.05) is 5.56 Å². The molecular weight excluding hydrogens is 274 g/mol. The van der Waals surface area contributed by atoms with Crippen LogP contribution in [0.1, 0.15) is 34.8 Å². The van der Waals surface area contributed by atoms with Crippen LogP contribution in [0.5, 0.6) is 11.5 Å². The van der Waals surface area contributed by atoms with Crippen LogP contribution >= 0.6 is 11.3 Å². The standard InChI is InChI=1S/C15H17NO3S/c1-4-18-12-7-6-11(8-13(12)19-5-2)14(17)15-10(3)16-9-20-15/h6-9H,4-5H2,1-3H3. The van der Waals surface area contributed by atoms with Crippen LogP contribution in [0.4, 0.5) is 0 Å². The minimum absolute atomic E-state index is 0.0333. The molecule has 0 bridgehead atoms. The zero-order valence-corrected chi connectivity index (χ0v) is 12.6. The first-order valence-electron chi connectivity index (χ1n) is 6.51. The second-order valence-electron chi connectivity index (χ2n) is 4.12. The third-order valence-electron chi connectivity index (χ3n) is 2.76. The fourth-order valence-corrected chi connectivity index (χ4v) is 2.61. The van der Waals surface area contributed by atoms with Crippen LogP contribution in [-0.2, 0) is 0 Å². The van der Waals surface area contributed by atoms with Crippen LogP contribution in [0.2, 0.25) is 0 Å². The topological polar surface area (TPSA) is 48.4 Å². The molecular formula is C15H17NO3S. The van der Waals surface area contributed by atoms with E-state index in [0.29, 0.717) is 35.2 Å². The molecule has 1 aromatic heterocycles. The van der Waals surface area contributed by atoms with E-state index in [2.05, 4.69) is 4.98 Å². The highest BCUT2D eigenvalue weighted by Gasteiger charge is 2.16. The molecule has 0 aliphatic rings. The lowest BCUT2D eigenvalue weighted by atomic mass is 10.1. The molecule has 0 atom stereocenters. The molecule has 0 unspecified atom stereocenters. The van der Waals surface area contributed by atoms with Crippen molar-refractivity contribution in [2.75, 3.05) is 13.2 Å². The van der Waals surface area contributed by atoms with Gasteiger partial charge in [0.1, 0.15) is 0 Å². The number of aryl methyl sites for hydroxylation is 1. The van der Waals surface area contributed by atoms with E-state index in [1.165, 1.54) is 11.3 Å². The van der Waals surface area contributed by atoms with E-state index in [1.54, 1.807) is 23.7 Å². The number of rotatable bonds is 6. The molecule has 0 saturated carbocycles. The Morgan fingerprint density at radius 1 is 1.20 bits per heavy atom. The SMILES string of the molecule is CCOc1ccc(C(=O)c2scnc2C)cc1OCC. The molecule has 0 aliphatic carbocycles. The molecule has 1 heterocycles.